The number of benzene rings is 1. The lowest BCUT2D eigenvalue weighted by Crippen LogP contribution is -1.85. The summed E-state index contributed by atoms with van der Waals surface area (Å²) in [7, 11) is 0. The lowest BCUT2D eigenvalue weighted by molar-refractivity contribution is 0.439. The molecule has 5 heteroatoms. The van der Waals surface area contributed by atoms with Gasteiger partial charge < -0.3 is 10.3 Å². The zero-order valence-corrected chi connectivity index (χ0v) is 12.2. The zero-order chi connectivity index (χ0) is 12.5. The first-order valence-electron chi connectivity index (χ1n) is 5.30. The highest BCUT2D eigenvalue weighted by molar-refractivity contribution is 14.1. The highest BCUT2D eigenvalue weighted by Gasteiger charge is 2.17. The van der Waals surface area contributed by atoms with E-state index in [9.17, 15) is 0 Å². The molecule has 0 bridgehead atoms. The third-order valence-electron chi connectivity index (χ3n) is 2.60. The minimum Gasteiger partial charge on any atom is -0.367 e. The number of nitrogens with zero attached hydrogens (tertiary/aromatic N) is 1. The molecular formula is C13H9IN2OS. The summed E-state index contributed by atoms with van der Waals surface area (Å²) in [6.07, 6.45) is 0. The topological polar surface area (TPSA) is 52.0 Å². The van der Waals surface area contributed by atoms with Crippen LogP contribution in [0, 0.1) is 3.57 Å². The summed E-state index contributed by atoms with van der Waals surface area (Å²) < 4.78 is 6.32. The van der Waals surface area contributed by atoms with Crippen molar-refractivity contribution in [2.24, 2.45) is 0 Å². The number of aromatic nitrogens is 1. The number of nitrogen functional groups attached to an aromatic ring is 1. The first kappa shape index (κ1) is 11.7. The number of hydrogen-bond acceptors (Lipinski definition) is 4. The molecule has 0 aliphatic rings. The highest BCUT2D eigenvalue weighted by atomic mass is 127. The molecule has 0 aliphatic heterocycles. The van der Waals surface area contributed by atoms with Crippen LogP contribution in [0.1, 0.15) is 0 Å². The summed E-state index contributed by atoms with van der Waals surface area (Å²) >= 11 is 3.90. The third-order valence-corrected chi connectivity index (χ3v) is 4.21. The first-order chi connectivity index (χ1) is 8.75. The van der Waals surface area contributed by atoms with Crippen LogP contribution in [0.25, 0.3) is 21.7 Å². The summed E-state index contributed by atoms with van der Waals surface area (Å²) in [5.74, 6) is 0.367. The van der Waals surface area contributed by atoms with Gasteiger partial charge in [-0.25, -0.2) is 0 Å². The van der Waals surface area contributed by atoms with Crippen LogP contribution in [-0.2, 0) is 0 Å². The average Bonchev–Trinajstić information content (AvgIpc) is 2.99. The number of nitrogens with two attached hydrogens (primary N) is 1. The van der Waals surface area contributed by atoms with Crippen molar-refractivity contribution in [1.29, 1.82) is 0 Å². The van der Waals surface area contributed by atoms with Gasteiger partial charge in [-0.15, -0.1) is 11.3 Å². The molecule has 2 heterocycles. The standard InChI is InChI=1S/C13H9IN2OS/c14-9-5-3-8(4-6-9)12-11(13(15)17-16-12)10-2-1-7-18-10/h1-7H,15H2. The maximum absolute atomic E-state index is 5.88. The van der Waals surface area contributed by atoms with Gasteiger partial charge in [-0.2, -0.15) is 0 Å². The molecule has 0 unspecified atom stereocenters. The molecule has 0 aliphatic carbocycles. The molecule has 2 aromatic heterocycles. The van der Waals surface area contributed by atoms with Gasteiger partial charge >= 0.3 is 0 Å². The second-order valence-electron chi connectivity index (χ2n) is 3.75. The van der Waals surface area contributed by atoms with E-state index < -0.39 is 0 Å². The van der Waals surface area contributed by atoms with Crippen molar-refractivity contribution in [2.75, 3.05) is 5.73 Å². The molecule has 90 valence electrons. The molecule has 2 N–H and O–H groups in total. The summed E-state index contributed by atoms with van der Waals surface area (Å²) in [4.78, 5) is 1.07. The lowest BCUT2D eigenvalue weighted by Gasteiger charge is -2.00. The number of halogens is 1. The third kappa shape index (κ3) is 2.04. The van der Waals surface area contributed by atoms with E-state index in [0.29, 0.717) is 5.88 Å². The van der Waals surface area contributed by atoms with Crippen LogP contribution in [0.15, 0.2) is 46.3 Å². The SMILES string of the molecule is Nc1onc(-c2ccc(I)cc2)c1-c1cccs1. The molecule has 0 atom stereocenters. The Labute approximate surface area is 122 Å². The minimum absolute atomic E-state index is 0.367. The van der Waals surface area contributed by atoms with Crippen LogP contribution in [-0.4, -0.2) is 5.16 Å². The fraction of sp³-hybridized carbons (Fsp3) is 0. The summed E-state index contributed by atoms with van der Waals surface area (Å²) in [5.41, 5.74) is 8.57. The van der Waals surface area contributed by atoms with Gasteiger partial charge in [-0.1, -0.05) is 23.4 Å². The molecule has 3 aromatic rings. The summed E-state index contributed by atoms with van der Waals surface area (Å²) in [5, 5.41) is 6.09. The van der Waals surface area contributed by atoms with Crippen molar-refractivity contribution < 1.29 is 4.52 Å². The van der Waals surface area contributed by atoms with E-state index in [1.165, 1.54) is 3.57 Å². The normalized spacial score (nSPS) is 10.7. The summed E-state index contributed by atoms with van der Waals surface area (Å²) in [6.45, 7) is 0. The van der Waals surface area contributed by atoms with Crippen molar-refractivity contribution in [3.63, 3.8) is 0 Å². The molecular weight excluding hydrogens is 359 g/mol. The van der Waals surface area contributed by atoms with Gasteiger partial charge in [0.25, 0.3) is 0 Å². The maximum atomic E-state index is 5.88. The Kier molecular flexibility index (Phi) is 3.09. The number of hydrogen-bond donors (Lipinski definition) is 1. The number of anilines is 1. The van der Waals surface area contributed by atoms with E-state index in [0.717, 1.165) is 21.7 Å². The number of thiophene rings is 1. The van der Waals surface area contributed by atoms with Gasteiger partial charge in [0.1, 0.15) is 5.69 Å². The Morgan fingerprint density at radius 1 is 1.17 bits per heavy atom. The van der Waals surface area contributed by atoms with Crippen molar-refractivity contribution >= 4 is 39.8 Å². The van der Waals surface area contributed by atoms with Gasteiger partial charge in [0.2, 0.25) is 5.88 Å². The van der Waals surface area contributed by atoms with Crippen molar-refractivity contribution in [3.05, 3.63) is 45.3 Å². The largest absolute Gasteiger partial charge is 0.367 e. The van der Waals surface area contributed by atoms with Crippen LogP contribution in [0.3, 0.4) is 0 Å². The van der Waals surface area contributed by atoms with Gasteiger partial charge in [0, 0.05) is 14.0 Å². The van der Waals surface area contributed by atoms with E-state index in [4.69, 9.17) is 10.3 Å². The minimum atomic E-state index is 0.367. The average molecular weight is 368 g/mol. The van der Waals surface area contributed by atoms with Crippen LogP contribution in [0.5, 0.6) is 0 Å². The van der Waals surface area contributed by atoms with E-state index >= 15 is 0 Å². The number of rotatable bonds is 2. The van der Waals surface area contributed by atoms with Crippen LogP contribution in [0.4, 0.5) is 5.88 Å². The molecule has 0 saturated heterocycles. The van der Waals surface area contributed by atoms with Crippen LogP contribution in [0.2, 0.25) is 0 Å². The molecule has 0 fully saturated rings. The van der Waals surface area contributed by atoms with Crippen molar-refractivity contribution in [2.45, 2.75) is 0 Å². The molecule has 0 spiro atoms. The van der Waals surface area contributed by atoms with Crippen molar-refractivity contribution in [3.8, 4) is 21.7 Å². The molecule has 3 nitrogen and oxygen atoms in total. The molecule has 3 rings (SSSR count). The quantitative estimate of drug-likeness (QED) is 0.688. The molecule has 0 amide bonds. The fourth-order valence-corrected chi connectivity index (χ4v) is 2.90. The Balaban J connectivity index is 2.16. The van der Waals surface area contributed by atoms with E-state index in [1.807, 2.05) is 41.8 Å². The Bertz CT molecular complexity index is 659. The van der Waals surface area contributed by atoms with Crippen molar-refractivity contribution in [1.82, 2.24) is 5.16 Å². The smallest absolute Gasteiger partial charge is 0.231 e. The molecule has 1 aromatic carbocycles. The monoisotopic (exact) mass is 368 g/mol. The lowest BCUT2D eigenvalue weighted by atomic mass is 10.1. The van der Waals surface area contributed by atoms with Crippen LogP contribution < -0.4 is 5.73 Å². The predicted octanol–water partition coefficient (Wildman–Crippen LogP) is 4.26. The molecule has 0 saturated carbocycles. The fourth-order valence-electron chi connectivity index (χ4n) is 1.77. The molecule has 18 heavy (non-hydrogen) atoms. The second kappa shape index (κ2) is 4.74. The predicted molar refractivity (Wildman–Crippen MR) is 82.4 cm³/mol. The summed E-state index contributed by atoms with van der Waals surface area (Å²) in [6, 6.07) is 12.1. The van der Waals surface area contributed by atoms with E-state index in [1.54, 1.807) is 11.3 Å². The Morgan fingerprint density at radius 3 is 2.61 bits per heavy atom. The molecule has 0 radical (unpaired) electrons. The Morgan fingerprint density at radius 2 is 1.94 bits per heavy atom. The maximum Gasteiger partial charge on any atom is 0.231 e. The zero-order valence-electron chi connectivity index (χ0n) is 9.26. The van der Waals surface area contributed by atoms with Gasteiger partial charge in [-0.05, 0) is 46.2 Å². The van der Waals surface area contributed by atoms with E-state index in [2.05, 4.69) is 27.7 Å². The first-order valence-corrected chi connectivity index (χ1v) is 7.26. The van der Waals surface area contributed by atoms with Gasteiger partial charge in [0.15, 0.2) is 0 Å². The highest BCUT2D eigenvalue weighted by Crippen LogP contribution is 2.38. The van der Waals surface area contributed by atoms with E-state index in [-0.39, 0.29) is 0 Å². The van der Waals surface area contributed by atoms with Gasteiger partial charge in [0.05, 0.1) is 5.56 Å². The Hall–Kier alpha value is -1.34. The second-order valence-corrected chi connectivity index (χ2v) is 5.95. The van der Waals surface area contributed by atoms with Crippen LogP contribution >= 0.6 is 33.9 Å². The van der Waals surface area contributed by atoms with Gasteiger partial charge in [-0.3, -0.25) is 0 Å².